The zero-order valence-corrected chi connectivity index (χ0v) is 16.1. The summed E-state index contributed by atoms with van der Waals surface area (Å²) in [5, 5.41) is 10.8. The lowest BCUT2D eigenvalue weighted by Crippen LogP contribution is -2.58. The Morgan fingerprint density at radius 2 is 1.88 bits per heavy atom. The van der Waals surface area contributed by atoms with Crippen LogP contribution in [0.2, 0.25) is 0 Å². The normalized spacial score (nSPS) is 19.9. The molecule has 0 spiro atoms. The number of hydrogen-bond donors (Lipinski definition) is 3. The van der Waals surface area contributed by atoms with Crippen molar-refractivity contribution in [3.63, 3.8) is 0 Å². The van der Waals surface area contributed by atoms with Crippen LogP contribution in [0.25, 0.3) is 0 Å². The molecule has 5 nitrogen and oxygen atoms in total. The van der Waals surface area contributed by atoms with Crippen molar-refractivity contribution >= 4 is 5.96 Å². The second-order valence-corrected chi connectivity index (χ2v) is 7.05. The van der Waals surface area contributed by atoms with Gasteiger partial charge in [-0.1, -0.05) is 37.3 Å². The van der Waals surface area contributed by atoms with Gasteiger partial charge in [0.2, 0.25) is 0 Å². The molecule has 1 aromatic carbocycles. The summed E-state index contributed by atoms with van der Waals surface area (Å²) in [7, 11) is 1.83. The van der Waals surface area contributed by atoms with Crippen molar-refractivity contribution in [3.8, 4) is 0 Å². The lowest BCUT2D eigenvalue weighted by molar-refractivity contribution is 0.0354. The van der Waals surface area contributed by atoms with Crippen LogP contribution in [0.3, 0.4) is 0 Å². The molecule has 0 amide bonds. The molecule has 2 rings (SSSR count). The molecule has 3 N–H and O–H groups in total. The largest absolute Gasteiger partial charge is 0.381 e. The van der Waals surface area contributed by atoms with Crippen molar-refractivity contribution in [2.75, 3.05) is 26.8 Å². The molecule has 0 aromatic heterocycles. The van der Waals surface area contributed by atoms with Crippen LogP contribution in [-0.4, -0.2) is 44.3 Å². The molecule has 0 radical (unpaired) electrons. The Morgan fingerprint density at radius 1 is 1.20 bits per heavy atom. The van der Waals surface area contributed by atoms with Gasteiger partial charge in [0.05, 0.1) is 0 Å². The molecule has 1 heterocycles. The van der Waals surface area contributed by atoms with E-state index in [0.29, 0.717) is 12.1 Å². The third-order valence-corrected chi connectivity index (χ3v) is 5.09. The van der Waals surface area contributed by atoms with Crippen LogP contribution in [0.1, 0.15) is 51.6 Å². The molecule has 0 bridgehead atoms. The quantitative estimate of drug-likeness (QED) is 0.525. The van der Waals surface area contributed by atoms with E-state index in [-0.39, 0.29) is 5.54 Å². The van der Waals surface area contributed by atoms with E-state index in [1.165, 1.54) is 5.56 Å². The number of nitrogens with one attached hydrogen (secondary N) is 3. The van der Waals surface area contributed by atoms with E-state index >= 15 is 0 Å². The van der Waals surface area contributed by atoms with Gasteiger partial charge in [0, 0.05) is 44.4 Å². The summed E-state index contributed by atoms with van der Waals surface area (Å²) >= 11 is 0. The minimum atomic E-state index is 0.0145. The Hall–Kier alpha value is -1.59. The Bertz CT molecular complexity index is 526. The Morgan fingerprint density at radius 3 is 2.48 bits per heavy atom. The number of nitrogens with zero attached hydrogens (tertiary/aromatic N) is 1. The number of ether oxygens (including phenoxy) is 1. The number of benzene rings is 1. The highest BCUT2D eigenvalue weighted by Crippen LogP contribution is 2.25. The van der Waals surface area contributed by atoms with Crippen molar-refractivity contribution in [1.82, 2.24) is 16.0 Å². The van der Waals surface area contributed by atoms with Crippen molar-refractivity contribution in [2.45, 2.75) is 57.7 Å². The van der Waals surface area contributed by atoms with Crippen LogP contribution in [0, 0.1) is 0 Å². The maximum absolute atomic E-state index is 5.61. The maximum atomic E-state index is 5.61. The third-order valence-electron chi connectivity index (χ3n) is 5.09. The zero-order chi connectivity index (χ0) is 18.1. The average Bonchev–Trinajstić information content (AvgIpc) is 2.66. The van der Waals surface area contributed by atoms with Crippen molar-refractivity contribution in [2.24, 2.45) is 4.99 Å². The molecular weight excluding hydrogens is 312 g/mol. The van der Waals surface area contributed by atoms with Crippen LogP contribution in [0.4, 0.5) is 0 Å². The number of aliphatic imine (C=N–C) groups is 1. The maximum Gasteiger partial charge on any atom is 0.191 e. The minimum absolute atomic E-state index is 0.0145. The van der Waals surface area contributed by atoms with Crippen LogP contribution in [-0.2, 0) is 4.74 Å². The molecule has 1 fully saturated rings. The highest BCUT2D eigenvalue weighted by molar-refractivity contribution is 5.80. The number of guanidine groups is 1. The molecule has 1 aromatic rings. The molecule has 0 aliphatic carbocycles. The third kappa shape index (κ3) is 6.01. The molecule has 1 aliphatic heterocycles. The predicted octanol–water partition coefficient (Wildman–Crippen LogP) is 2.85. The summed E-state index contributed by atoms with van der Waals surface area (Å²) in [6.07, 6.45) is 3.07. The second kappa shape index (κ2) is 9.78. The Balaban J connectivity index is 2.02. The van der Waals surface area contributed by atoms with Gasteiger partial charge in [-0.05, 0) is 38.7 Å². The highest BCUT2D eigenvalue weighted by Gasteiger charge is 2.34. The van der Waals surface area contributed by atoms with Crippen molar-refractivity contribution in [3.05, 3.63) is 35.9 Å². The number of rotatable bonds is 7. The first-order valence-electron chi connectivity index (χ1n) is 9.46. The lowest BCUT2D eigenvalue weighted by Gasteiger charge is -2.41. The fourth-order valence-electron chi connectivity index (χ4n) is 3.20. The van der Waals surface area contributed by atoms with Gasteiger partial charge >= 0.3 is 0 Å². The first-order valence-corrected chi connectivity index (χ1v) is 9.46. The Labute approximate surface area is 152 Å². The SMILES string of the molecule is CCC(C)NC(=NC)NCC1(NC(C)c2ccccc2)CCOCC1. The summed E-state index contributed by atoms with van der Waals surface area (Å²) < 4.78 is 5.61. The summed E-state index contributed by atoms with van der Waals surface area (Å²) in [4.78, 5) is 4.36. The molecule has 25 heavy (non-hydrogen) atoms. The topological polar surface area (TPSA) is 57.7 Å². The van der Waals surface area contributed by atoms with Gasteiger partial charge in [0.1, 0.15) is 0 Å². The van der Waals surface area contributed by atoms with E-state index in [1.54, 1.807) is 0 Å². The van der Waals surface area contributed by atoms with Crippen LogP contribution in [0.5, 0.6) is 0 Å². The van der Waals surface area contributed by atoms with E-state index in [2.05, 4.69) is 72.0 Å². The first kappa shape index (κ1) is 19.7. The lowest BCUT2D eigenvalue weighted by atomic mass is 9.88. The molecule has 2 unspecified atom stereocenters. The van der Waals surface area contributed by atoms with Gasteiger partial charge in [-0.25, -0.2) is 0 Å². The molecule has 1 saturated heterocycles. The van der Waals surface area contributed by atoms with Gasteiger partial charge in [-0.2, -0.15) is 0 Å². The Kier molecular flexibility index (Phi) is 7.72. The molecule has 0 saturated carbocycles. The van der Waals surface area contributed by atoms with E-state index < -0.39 is 0 Å². The van der Waals surface area contributed by atoms with Crippen LogP contribution >= 0.6 is 0 Å². The molecule has 140 valence electrons. The van der Waals surface area contributed by atoms with E-state index in [0.717, 1.165) is 45.0 Å². The van der Waals surface area contributed by atoms with E-state index in [1.807, 2.05) is 7.05 Å². The first-order chi connectivity index (χ1) is 12.1. The fraction of sp³-hybridized carbons (Fsp3) is 0.650. The monoisotopic (exact) mass is 346 g/mol. The molecule has 1 aliphatic rings. The van der Waals surface area contributed by atoms with Gasteiger partial charge in [-0.3, -0.25) is 4.99 Å². The summed E-state index contributed by atoms with van der Waals surface area (Å²) in [5.74, 6) is 0.870. The smallest absolute Gasteiger partial charge is 0.191 e. The summed E-state index contributed by atoms with van der Waals surface area (Å²) in [5.41, 5.74) is 1.33. The summed E-state index contributed by atoms with van der Waals surface area (Å²) in [6.45, 7) is 9.02. The fourth-order valence-corrected chi connectivity index (χ4v) is 3.20. The van der Waals surface area contributed by atoms with Crippen LogP contribution < -0.4 is 16.0 Å². The van der Waals surface area contributed by atoms with Crippen LogP contribution in [0.15, 0.2) is 35.3 Å². The molecular formula is C20H34N4O. The standard InChI is InChI=1S/C20H34N4O/c1-5-16(2)23-19(21-4)22-15-20(11-13-25-14-12-20)24-17(3)18-9-7-6-8-10-18/h6-10,16-17,24H,5,11-15H2,1-4H3,(H2,21,22,23). The minimum Gasteiger partial charge on any atom is -0.381 e. The van der Waals surface area contributed by atoms with Gasteiger partial charge in [0.15, 0.2) is 5.96 Å². The highest BCUT2D eigenvalue weighted by atomic mass is 16.5. The number of hydrogen-bond acceptors (Lipinski definition) is 3. The van der Waals surface area contributed by atoms with Gasteiger partial charge < -0.3 is 20.7 Å². The zero-order valence-electron chi connectivity index (χ0n) is 16.1. The van der Waals surface area contributed by atoms with Crippen molar-refractivity contribution in [1.29, 1.82) is 0 Å². The molecule has 5 heteroatoms. The van der Waals surface area contributed by atoms with Gasteiger partial charge in [-0.15, -0.1) is 0 Å². The van der Waals surface area contributed by atoms with Crippen molar-refractivity contribution < 1.29 is 4.74 Å². The van der Waals surface area contributed by atoms with E-state index in [4.69, 9.17) is 4.74 Å². The average molecular weight is 347 g/mol. The second-order valence-electron chi connectivity index (χ2n) is 7.05. The van der Waals surface area contributed by atoms with E-state index in [9.17, 15) is 0 Å². The summed E-state index contributed by atoms with van der Waals surface area (Å²) in [6, 6.07) is 11.3. The molecule has 2 atom stereocenters. The van der Waals surface area contributed by atoms with Gasteiger partial charge in [0.25, 0.3) is 0 Å². The predicted molar refractivity (Wildman–Crippen MR) is 105 cm³/mol.